The molecule has 18 heavy (non-hydrogen) atoms. The largest absolute Gasteiger partial charge is 0.290 e. The van der Waals surface area contributed by atoms with E-state index in [4.69, 9.17) is 0 Å². The molecule has 1 fully saturated rings. The molecular formula is C14H15FN2S. The third-order valence-electron chi connectivity index (χ3n) is 3.44. The number of thiazole rings is 1. The van der Waals surface area contributed by atoms with Crippen LogP contribution in [0.5, 0.6) is 0 Å². The minimum Gasteiger partial charge on any atom is -0.290 e. The van der Waals surface area contributed by atoms with Crippen LogP contribution in [0, 0.1) is 5.82 Å². The van der Waals surface area contributed by atoms with Crippen molar-refractivity contribution in [1.82, 2.24) is 9.88 Å². The van der Waals surface area contributed by atoms with Gasteiger partial charge in [-0.2, -0.15) is 0 Å². The Morgan fingerprint density at radius 1 is 1.33 bits per heavy atom. The lowest BCUT2D eigenvalue weighted by atomic mass is 10.0. The molecule has 0 saturated carbocycles. The molecule has 0 radical (unpaired) electrons. The van der Waals surface area contributed by atoms with E-state index in [1.165, 1.54) is 12.0 Å². The van der Waals surface area contributed by atoms with E-state index in [0.29, 0.717) is 6.04 Å². The van der Waals surface area contributed by atoms with Crippen LogP contribution in [-0.2, 0) is 6.54 Å². The Labute approximate surface area is 110 Å². The first-order valence-corrected chi connectivity index (χ1v) is 7.09. The highest BCUT2D eigenvalue weighted by Gasteiger charge is 2.26. The Balaban J connectivity index is 1.76. The summed E-state index contributed by atoms with van der Waals surface area (Å²) in [5.74, 6) is -0.164. The van der Waals surface area contributed by atoms with Gasteiger partial charge in [-0.3, -0.25) is 4.90 Å². The van der Waals surface area contributed by atoms with Gasteiger partial charge in [-0.1, -0.05) is 12.1 Å². The second kappa shape index (κ2) is 5.16. The maximum absolute atomic E-state index is 13.0. The Hall–Kier alpha value is -1.26. The zero-order valence-electron chi connectivity index (χ0n) is 10.1. The molecule has 94 valence electrons. The number of nitrogens with zero attached hydrogens (tertiary/aromatic N) is 2. The fraction of sp³-hybridized carbons (Fsp3) is 0.357. The van der Waals surface area contributed by atoms with E-state index in [2.05, 4.69) is 9.88 Å². The van der Waals surface area contributed by atoms with Crippen LogP contribution >= 0.6 is 11.3 Å². The van der Waals surface area contributed by atoms with Crippen molar-refractivity contribution in [2.24, 2.45) is 0 Å². The van der Waals surface area contributed by atoms with Crippen molar-refractivity contribution < 1.29 is 4.39 Å². The van der Waals surface area contributed by atoms with Crippen LogP contribution in [0.15, 0.2) is 35.8 Å². The van der Waals surface area contributed by atoms with Gasteiger partial charge in [0.25, 0.3) is 0 Å². The number of halogens is 1. The van der Waals surface area contributed by atoms with Gasteiger partial charge in [0.15, 0.2) is 0 Å². The van der Waals surface area contributed by atoms with Gasteiger partial charge in [0.1, 0.15) is 10.8 Å². The third-order valence-corrected chi connectivity index (χ3v) is 4.20. The quantitative estimate of drug-likeness (QED) is 0.840. The van der Waals surface area contributed by atoms with Crippen LogP contribution in [-0.4, -0.2) is 16.4 Å². The van der Waals surface area contributed by atoms with Gasteiger partial charge in [-0.25, -0.2) is 9.37 Å². The van der Waals surface area contributed by atoms with Crippen LogP contribution in [0.25, 0.3) is 0 Å². The predicted molar refractivity (Wildman–Crippen MR) is 70.9 cm³/mol. The second-order valence-electron chi connectivity index (χ2n) is 4.61. The number of hydrogen-bond donors (Lipinski definition) is 0. The molecule has 2 nitrogen and oxygen atoms in total. The topological polar surface area (TPSA) is 16.1 Å². The normalized spacial score (nSPS) is 20.4. The summed E-state index contributed by atoms with van der Waals surface area (Å²) in [5, 5.41) is 3.17. The molecule has 1 saturated heterocycles. The number of likely N-dealkylation sites (tertiary alicyclic amines) is 1. The Morgan fingerprint density at radius 2 is 2.17 bits per heavy atom. The molecule has 2 heterocycles. The van der Waals surface area contributed by atoms with Crippen molar-refractivity contribution in [3.8, 4) is 0 Å². The standard InChI is InChI=1S/C14H15FN2S/c15-12-5-3-11(4-6-12)13-2-1-8-17(13)10-14-16-7-9-18-14/h3-7,9,13H,1-2,8,10H2/t13-/m0/s1. The van der Waals surface area contributed by atoms with E-state index < -0.39 is 0 Å². The maximum Gasteiger partial charge on any atom is 0.123 e. The lowest BCUT2D eigenvalue weighted by Gasteiger charge is -2.23. The SMILES string of the molecule is Fc1ccc([C@@H]2CCCN2Cc2nccs2)cc1. The lowest BCUT2D eigenvalue weighted by molar-refractivity contribution is 0.248. The van der Waals surface area contributed by atoms with Gasteiger partial charge in [-0.05, 0) is 37.1 Å². The van der Waals surface area contributed by atoms with Crippen LogP contribution in [0.4, 0.5) is 4.39 Å². The average molecular weight is 262 g/mol. The smallest absolute Gasteiger partial charge is 0.123 e. The summed E-state index contributed by atoms with van der Waals surface area (Å²) in [6.45, 7) is 2.00. The van der Waals surface area contributed by atoms with Gasteiger partial charge in [0.05, 0.1) is 6.54 Å². The number of benzene rings is 1. The molecule has 0 N–H and O–H groups in total. The Bertz CT molecular complexity index is 495. The molecule has 0 bridgehead atoms. The lowest BCUT2D eigenvalue weighted by Crippen LogP contribution is -2.22. The van der Waals surface area contributed by atoms with Crippen molar-refractivity contribution >= 4 is 11.3 Å². The molecule has 0 aliphatic carbocycles. The summed E-state index contributed by atoms with van der Waals surface area (Å²) < 4.78 is 13.0. The van der Waals surface area contributed by atoms with Crippen molar-refractivity contribution in [2.45, 2.75) is 25.4 Å². The van der Waals surface area contributed by atoms with E-state index in [1.807, 2.05) is 23.7 Å². The van der Waals surface area contributed by atoms with Crippen molar-refractivity contribution in [2.75, 3.05) is 6.54 Å². The minimum absolute atomic E-state index is 0.164. The predicted octanol–water partition coefficient (Wildman–Crippen LogP) is 3.62. The third kappa shape index (κ3) is 2.44. The van der Waals surface area contributed by atoms with E-state index in [0.717, 1.165) is 24.5 Å². The van der Waals surface area contributed by atoms with E-state index in [9.17, 15) is 4.39 Å². The van der Waals surface area contributed by atoms with E-state index in [1.54, 1.807) is 23.5 Å². The molecule has 1 atom stereocenters. The molecule has 0 spiro atoms. The highest BCUT2D eigenvalue weighted by molar-refractivity contribution is 7.09. The summed E-state index contributed by atoms with van der Waals surface area (Å²) in [7, 11) is 0. The first kappa shape index (κ1) is 11.8. The zero-order valence-corrected chi connectivity index (χ0v) is 10.9. The molecule has 0 unspecified atom stereocenters. The van der Waals surface area contributed by atoms with E-state index >= 15 is 0 Å². The molecule has 2 aromatic rings. The van der Waals surface area contributed by atoms with Gasteiger partial charge < -0.3 is 0 Å². The average Bonchev–Trinajstić information content (AvgIpc) is 3.02. The summed E-state index contributed by atoms with van der Waals surface area (Å²) in [5.41, 5.74) is 1.21. The molecular weight excluding hydrogens is 247 g/mol. The van der Waals surface area contributed by atoms with Gasteiger partial charge >= 0.3 is 0 Å². The summed E-state index contributed by atoms with van der Waals surface area (Å²) in [4.78, 5) is 6.78. The highest BCUT2D eigenvalue weighted by atomic mass is 32.1. The second-order valence-corrected chi connectivity index (χ2v) is 5.59. The van der Waals surface area contributed by atoms with Crippen LogP contribution in [0.1, 0.15) is 29.5 Å². The number of rotatable bonds is 3. The summed E-state index contributed by atoms with van der Waals surface area (Å²) >= 11 is 1.70. The van der Waals surface area contributed by atoms with Gasteiger partial charge in [-0.15, -0.1) is 11.3 Å². The zero-order chi connectivity index (χ0) is 12.4. The minimum atomic E-state index is -0.164. The van der Waals surface area contributed by atoms with Crippen molar-refractivity contribution in [3.05, 3.63) is 52.2 Å². The first-order valence-electron chi connectivity index (χ1n) is 6.21. The van der Waals surface area contributed by atoms with Crippen LogP contribution in [0.2, 0.25) is 0 Å². The number of hydrogen-bond acceptors (Lipinski definition) is 3. The fourth-order valence-corrected chi connectivity index (χ4v) is 3.22. The fourth-order valence-electron chi connectivity index (χ4n) is 2.58. The van der Waals surface area contributed by atoms with Gasteiger partial charge in [0.2, 0.25) is 0 Å². The summed E-state index contributed by atoms with van der Waals surface area (Å²) in [6, 6.07) is 7.32. The molecule has 3 rings (SSSR count). The van der Waals surface area contributed by atoms with Gasteiger partial charge in [0, 0.05) is 17.6 Å². The molecule has 1 aromatic heterocycles. The Kier molecular flexibility index (Phi) is 3.39. The van der Waals surface area contributed by atoms with Crippen LogP contribution < -0.4 is 0 Å². The van der Waals surface area contributed by atoms with Crippen molar-refractivity contribution in [3.63, 3.8) is 0 Å². The maximum atomic E-state index is 13.0. The Morgan fingerprint density at radius 3 is 2.89 bits per heavy atom. The molecule has 1 aliphatic heterocycles. The van der Waals surface area contributed by atoms with Crippen molar-refractivity contribution in [1.29, 1.82) is 0 Å². The van der Waals surface area contributed by atoms with Crippen LogP contribution in [0.3, 0.4) is 0 Å². The number of aromatic nitrogens is 1. The molecule has 1 aliphatic rings. The molecule has 1 aromatic carbocycles. The molecule has 4 heteroatoms. The monoisotopic (exact) mass is 262 g/mol. The first-order chi connectivity index (χ1) is 8.83. The van der Waals surface area contributed by atoms with E-state index in [-0.39, 0.29) is 5.82 Å². The molecule has 0 amide bonds. The highest BCUT2D eigenvalue weighted by Crippen LogP contribution is 2.33. The summed E-state index contributed by atoms with van der Waals surface area (Å²) in [6.07, 6.45) is 4.20.